The second-order valence-corrected chi connectivity index (χ2v) is 8.63. The molecule has 2 aliphatic rings. The van der Waals surface area contributed by atoms with Gasteiger partial charge in [0.15, 0.2) is 5.41 Å². The van der Waals surface area contributed by atoms with Crippen molar-refractivity contribution in [2.45, 2.75) is 12.3 Å². The Morgan fingerprint density at radius 2 is 1.86 bits per heavy atom. The van der Waals surface area contributed by atoms with Crippen molar-refractivity contribution in [2.24, 2.45) is 0 Å². The van der Waals surface area contributed by atoms with Crippen molar-refractivity contribution in [3.63, 3.8) is 0 Å². The zero-order chi connectivity index (χ0) is 25.1. The molecule has 1 aromatic heterocycles. The highest BCUT2D eigenvalue weighted by Gasteiger charge is 2.56. The fourth-order valence-electron chi connectivity index (χ4n) is 4.90. The number of pyridine rings is 1. The third-order valence-corrected chi connectivity index (χ3v) is 6.64. The van der Waals surface area contributed by atoms with Crippen LogP contribution >= 0.6 is 0 Å². The van der Waals surface area contributed by atoms with Gasteiger partial charge in [-0.1, -0.05) is 18.2 Å². The molecule has 0 bridgehead atoms. The minimum atomic E-state index is -1.71. The van der Waals surface area contributed by atoms with Crippen LogP contribution in [0.25, 0.3) is 0 Å². The van der Waals surface area contributed by atoms with Gasteiger partial charge in [0.1, 0.15) is 5.75 Å². The Labute approximate surface area is 209 Å². The molecule has 36 heavy (non-hydrogen) atoms. The van der Waals surface area contributed by atoms with Gasteiger partial charge in [-0.2, -0.15) is 5.26 Å². The van der Waals surface area contributed by atoms with Crippen molar-refractivity contribution < 1.29 is 14.3 Å². The van der Waals surface area contributed by atoms with Crippen molar-refractivity contribution >= 4 is 23.2 Å². The lowest BCUT2D eigenvalue weighted by molar-refractivity contribution is -0.136. The van der Waals surface area contributed by atoms with Crippen LogP contribution in [0, 0.1) is 11.3 Å². The van der Waals surface area contributed by atoms with Crippen molar-refractivity contribution in [1.82, 2.24) is 15.4 Å². The van der Waals surface area contributed by atoms with Gasteiger partial charge in [0, 0.05) is 61.1 Å². The number of nitriles is 1. The van der Waals surface area contributed by atoms with Crippen molar-refractivity contribution in [1.29, 1.82) is 5.26 Å². The lowest BCUT2D eigenvalue weighted by Gasteiger charge is -2.38. The van der Waals surface area contributed by atoms with Crippen molar-refractivity contribution in [3.8, 4) is 11.8 Å². The van der Waals surface area contributed by atoms with E-state index in [1.807, 2.05) is 24.1 Å². The lowest BCUT2D eigenvalue weighted by Crippen LogP contribution is -2.59. The molecule has 1 fully saturated rings. The predicted octanol–water partition coefficient (Wildman–Crippen LogP) is 2.44. The third kappa shape index (κ3) is 3.91. The van der Waals surface area contributed by atoms with Gasteiger partial charge in [-0.15, -0.1) is 0 Å². The van der Waals surface area contributed by atoms with Crippen LogP contribution in [-0.4, -0.2) is 54.6 Å². The van der Waals surface area contributed by atoms with E-state index in [9.17, 15) is 14.9 Å². The van der Waals surface area contributed by atoms with Gasteiger partial charge in [-0.3, -0.25) is 20.0 Å². The quantitative estimate of drug-likeness (QED) is 0.519. The number of nitrogens with one attached hydrogen (secondary N) is 2. The lowest BCUT2D eigenvalue weighted by atomic mass is 9.73. The van der Waals surface area contributed by atoms with E-state index in [0.717, 1.165) is 5.69 Å². The zero-order valence-electron chi connectivity index (χ0n) is 19.9. The van der Waals surface area contributed by atoms with E-state index in [-0.39, 0.29) is 0 Å². The molecule has 182 valence electrons. The van der Waals surface area contributed by atoms with Crippen molar-refractivity contribution in [3.05, 3.63) is 83.7 Å². The number of rotatable bonds is 6. The maximum absolute atomic E-state index is 14.1. The van der Waals surface area contributed by atoms with Gasteiger partial charge in [-0.05, 0) is 43.3 Å². The molecule has 3 aromatic rings. The number of aromatic nitrogens is 1. The van der Waals surface area contributed by atoms with Crippen LogP contribution in [0.1, 0.15) is 23.6 Å². The minimum Gasteiger partial charge on any atom is -0.494 e. The number of para-hydroxylation sites is 1. The molecule has 2 amide bonds. The molecule has 2 aliphatic heterocycles. The minimum absolute atomic E-state index is 0.363. The SMILES string of the molecule is CCOc1ccccc1C1(C(=O)NN2CCN(c3ccncc3)CC2)C(=O)Nc2ccc(C#N)cc21. The molecule has 0 aliphatic carbocycles. The van der Waals surface area contributed by atoms with Gasteiger partial charge in [0.05, 0.1) is 18.2 Å². The van der Waals surface area contributed by atoms with E-state index in [4.69, 9.17) is 4.74 Å². The average Bonchev–Trinajstić information content (AvgIpc) is 3.21. The van der Waals surface area contributed by atoms with E-state index in [2.05, 4.69) is 26.7 Å². The smallest absolute Gasteiger partial charge is 0.259 e. The molecule has 1 saturated heterocycles. The van der Waals surface area contributed by atoms with Gasteiger partial charge >= 0.3 is 0 Å². The van der Waals surface area contributed by atoms with E-state index in [1.165, 1.54) is 0 Å². The Hall–Kier alpha value is -4.42. The van der Waals surface area contributed by atoms with Gasteiger partial charge in [0.25, 0.3) is 5.91 Å². The normalized spacial score (nSPS) is 19.2. The fourth-order valence-corrected chi connectivity index (χ4v) is 4.90. The molecule has 2 N–H and O–H groups in total. The van der Waals surface area contributed by atoms with E-state index >= 15 is 0 Å². The highest BCUT2D eigenvalue weighted by molar-refractivity contribution is 6.23. The van der Waals surface area contributed by atoms with Crippen molar-refractivity contribution in [2.75, 3.05) is 43.0 Å². The predicted molar refractivity (Wildman–Crippen MR) is 134 cm³/mol. The molecule has 9 heteroatoms. The number of anilines is 2. The van der Waals surface area contributed by atoms with Crippen LogP contribution in [0.4, 0.5) is 11.4 Å². The summed E-state index contributed by atoms with van der Waals surface area (Å²) in [6, 6.07) is 18.0. The first-order valence-corrected chi connectivity index (χ1v) is 11.9. The van der Waals surface area contributed by atoms with Crippen LogP contribution in [0.2, 0.25) is 0 Å². The Bertz CT molecular complexity index is 1330. The van der Waals surface area contributed by atoms with Crippen LogP contribution in [0.5, 0.6) is 5.75 Å². The second-order valence-electron chi connectivity index (χ2n) is 8.63. The molecule has 1 atom stereocenters. The van der Waals surface area contributed by atoms with Crippen LogP contribution in [-0.2, 0) is 15.0 Å². The summed E-state index contributed by atoms with van der Waals surface area (Å²) in [5, 5.41) is 14.2. The van der Waals surface area contributed by atoms with Crippen LogP contribution < -0.4 is 20.4 Å². The van der Waals surface area contributed by atoms with Crippen LogP contribution in [0.15, 0.2) is 67.0 Å². The Kier molecular flexibility index (Phi) is 6.27. The Morgan fingerprint density at radius 3 is 2.58 bits per heavy atom. The fraction of sp³-hybridized carbons (Fsp3) is 0.259. The highest BCUT2D eigenvalue weighted by Crippen LogP contribution is 2.46. The number of hydrogen-bond donors (Lipinski definition) is 2. The molecule has 0 spiro atoms. The molecule has 0 saturated carbocycles. The molecule has 0 radical (unpaired) electrons. The van der Waals surface area contributed by atoms with E-state index in [0.29, 0.717) is 60.9 Å². The number of amides is 2. The highest BCUT2D eigenvalue weighted by atomic mass is 16.5. The first kappa shape index (κ1) is 23.3. The van der Waals surface area contributed by atoms with Gasteiger partial charge < -0.3 is 15.0 Å². The monoisotopic (exact) mass is 482 g/mol. The summed E-state index contributed by atoms with van der Waals surface area (Å²) >= 11 is 0. The topological polar surface area (TPSA) is 111 Å². The summed E-state index contributed by atoms with van der Waals surface area (Å²) in [7, 11) is 0. The average molecular weight is 483 g/mol. The summed E-state index contributed by atoms with van der Waals surface area (Å²) in [5.41, 5.74) is 4.11. The van der Waals surface area contributed by atoms with E-state index in [1.54, 1.807) is 54.9 Å². The van der Waals surface area contributed by atoms with Gasteiger partial charge in [0.2, 0.25) is 5.91 Å². The number of hydrazine groups is 1. The summed E-state index contributed by atoms with van der Waals surface area (Å²) in [4.78, 5) is 34.1. The summed E-state index contributed by atoms with van der Waals surface area (Å²) in [6.45, 7) is 4.77. The third-order valence-electron chi connectivity index (χ3n) is 6.64. The number of ether oxygens (including phenoxy) is 1. The number of benzene rings is 2. The molecular weight excluding hydrogens is 456 g/mol. The second kappa shape index (κ2) is 9.68. The molecule has 5 rings (SSSR count). The maximum Gasteiger partial charge on any atom is 0.259 e. The molecule has 2 aromatic carbocycles. The Morgan fingerprint density at radius 1 is 1.11 bits per heavy atom. The number of piperazine rings is 1. The van der Waals surface area contributed by atoms with E-state index < -0.39 is 17.2 Å². The number of hydrogen-bond acceptors (Lipinski definition) is 7. The molecular formula is C27H26N6O3. The maximum atomic E-state index is 14.1. The first-order chi connectivity index (χ1) is 17.6. The first-order valence-electron chi connectivity index (χ1n) is 11.9. The molecule has 1 unspecified atom stereocenters. The van der Waals surface area contributed by atoms with Gasteiger partial charge in [-0.25, -0.2) is 5.01 Å². The van der Waals surface area contributed by atoms with Crippen LogP contribution in [0.3, 0.4) is 0 Å². The summed E-state index contributed by atoms with van der Waals surface area (Å²) in [6.07, 6.45) is 3.52. The largest absolute Gasteiger partial charge is 0.494 e. The number of carbonyl (C=O) groups is 2. The number of nitrogens with zero attached hydrogens (tertiary/aromatic N) is 4. The number of fused-ring (bicyclic) bond motifs is 1. The summed E-state index contributed by atoms with van der Waals surface area (Å²) in [5.74, 6) is -0.519. The summed E-state index contributed by atoms with van der Waals surface area (Å²) < 4.78 is 5.85. The number of carbonyl (C=O) groups excluding carboxylic acids is 2. The molecule has 3 heterocycles. The zero-order valence-corrected chi connectivity index (χ0v) is 19.9. The molecule has 9 nitrogen and oxygen atoms in total. The standard InChI is InChI=1S/C27H26N6O3/c1-2-36-24-6-4-3-5-21(24)27(22-17-19(18-28)7-8-23(22)30-25(27)34)26(35)31-33-15-13-32(14-16-33)20-9-11-29-12-10-20/h3-12,17H,2,13-16H2,1H3,(H,30,34)(H,31,35). The Balaban J connectivity index is 1.50.